The molecule has 0 aliphatic heterocycles. The second-order valence-electron chi connectivity index (χ2n) is 3.25. The fraction of sp³-hybridized carbons (Fsp3) is 0.444. The normalized spacial score (nSPS) is 16.2. The van der Waals surface area contributed by atoms with Gasteiger partial charge >= 0.3 is 0 Å². The Morgan fingerprint density at radius 2 is 2.38 bits per heavy atom. The summed E-state index contributed by atoms with van der Waals surface area (Å²) in [5, 5.41) is 8.51. The monoisotopic (exact) mass is 175 g/mol. The maximum atomic E-state index is 11.2. The van der Waals surface area contributed by atoms with Crippen LogP contribution in [0.5, 0.6) is 0 Å². The quantitative estimate of drug-likeness (QED) is 0.689. The molecule has 1 aliphatic rings. The third-order valence-corrected chi connectivity index (χ3v) is 2.43. The van der Waals surface area contributed by atoms with Crippen LogP contribution in [0.4, 0.5) is 0 Å². The number of aromatic amines is 1. The first-order valence-electron chi connectivity index (χ1n) is 4.30. The number of hydrogen-bond acceptors (Lipinski definition) is 3. The van der Waals surface area contributed by atoms with Gasteiger partial charge in [-0.15, -0.1) is 0 Å². The highest BCUT2D eigenvalue weighted by atomic mass is 16.1. The molecule has 1 saturated carbocycles. The number of H-pyrrole nitrogens is 1. The molecule has 1 heterocycles. The molecule has 1 aromatic rings. The molecule has 4 nitrogen and oxygen atoms in total. The molecule has 0 radical (unpaired) electrons. The third kappa shape index (κ3) is 1.33. The summed E-state index contributed by atoms with van der Waals surface area (Å²) >= 11 is 0. The van der Waals surface area contributed by atoms with Gasteiger partial charge in [0, 0.05) is 5.92 Å². The van der Waals surface area contributed by atoms with Gasteiger partial charge in [-0.2, -0.15) is 5.26 Å². The fourth-order valence-electron chi connectivity index (χ4n) is 1.38. The Bertz CT molecular complexity index is 412. The van der Waals surface area contributed by atoms with Crippen molar-refractivity contribution in [1.82, 2.24) is 9.97 Å². The Balaban J connectivity index is 2.36. The number of nitrogens with one attached hydrogen (secondary N) is 1. The van der Waals surface area contributed by atoms with E-state index in [9.17, 15) is 4.79 Å². The van der Waals surface area contributed by atoms with E-state index in [0.717, 1.165) is 18.7 Å². The second-order valence-corrected chi connectivity index (χ2v) is 3.25. The van der Waals surface area contributed by atoms with Crippen molar-refractivity contribution in [2.45, 2.75) is 25.2 Å². The first-order valence-corrected chi connectivity index (χ1v) is 4.30. The fourth-order valence-corrected chi connectivity index (χ4v) is 1.38. The summed E-state index contributed by atoms with van der Waals surface area (Å²) in [7, 11) is 0. The average Bonchev–Trinajstić information content (AvgIpc) is 2.01. The average molecular weight is 175 g/mol. The molecule has 4 heteroatoms. The van der Waals surface area contributed by atoms with Gasteiger partial charge in [-0.05, 0) is 12.8 Å². The maximum Gasteiger partial charge on any atom is 0.268 e. The van der Waals surface area contributed by atoms with E-state index < -0.39 is 0 Å². The van der Waals surface area contributed by atoms with Crippen LogP contribution in [0, 0.1) is 11.3 Å². The lowest BCUT2D eigenvalue weighted by molar-refractivity contribution is 0.400. The van der Waals surface area contributed by atoms with Crippen molar-refractivity contribution in [1.29, 1.82) is 5.26 Å². The first-order chi connectivity index (χ1) is 6.31. The number of aromatic nitrogens is 2. The van der Waals surface area contributed by atoms with Crippen molar-refractivity contribution in [3.05, 3.63) is 27.9 Å². The minimum atomic E-state index is -0.320. The molecule has 0 atom stereocenters. The van der Waals surface area contributed by atoms with Crippen molar-refractivity contribution in [2.24, 2.45) is 0 Å². The summed E-state index contributed by atoms with van der Waals surface area (Å²) in [6.45, 7) is 0. The lowest BCUT2D eigenvalue weighted by Crippen LogP contribution is -2.19. The van der Waals surface area contributed by atoms with Crippen LogP contribution in [0.15, 0.2) is 11.0 Å². The zero-order valence-corrected chi connectivity index (χ0v) is 7.08. The van der Waals surface area contributed by atoms with Crippen molar-refractivity contribution in [2.75, 3.05) is 0 Å². The molecule has 1 aliphatic carbocycles. The van der Waals surface area contributed by atoms with Gasteiger partial charge in [0.2, 0.25) is 0 Å². The van der Waals surface area contributed by atoms with Crippen LogP contribution in [0.1, 0.15) is 36.6 Å². The van der Waals surface area contributed by atoms with Gasteiger partial charge in [-0.25, -0.2) is 4.98 Å². The summed E-state index contributed by atoms with van der Waals surface area (Å²) in [6, 6.07) is 1.79. The van der Waals surface area contributed by atoms with E-state index in [1.54, 1.807) is 6.07 Å². The number of nitriles is 1. The van der Waals surface area contributed by atoms with Gasteiger partial charge in [0.05, 0.1) is 6.20 Å². The molecule has 2 rings (SSSR count). The lowest BCUT2D eigenvalue weighted by atomic mass is 9.85. The van der Waals surface area contributed by atoms with E-state index >= 15 is 0 Å². The first kappa shape index (κ1) is 7.99. The zero-order valence-electron chi connectivity index (χ0n) is 7.08. The predicted molar refractivity (Wildman–Crippen MR) is 46.2 cm³/mol. The van der Waals surface area contributed by atoms with Crippen LogP contribution in [0.3, 0.4) is 0 Å². The molecular weight excluding hydrogens is 166 g/mol. The molecule has 1 N–H and O–H groups in total. The van der Waals surface area contributed by atoms with E-state index in [4.69, 9.17) is 5.26 Å². The third-order valence-electron chi connectivity index (χ3n) is 2.43. The molecule has 0 amide bonds. The molecule has 0 saturated heterocycles. The summed E-state index contributed by atoms with van der Waals surface area (Å²) in [5.74, 6) is 1.13. The highest BCUT2D eigenvalue weighted by Gasteiger charge is 2.21. The van der Waals surface area contributed by atoms with Gasteiger partial charge in [-0.1, -0.05) is 6.42 Å². The smallest absolute Gasteiger partial charge is 0.268 e. The summed E-state index contributed by atoms with van der Waals surface area (Å²) < 4.78 is 0. The van der Waals surface area contributed by atoms with Crippen molar-refractivity contribution >= 4 is 0 Å². The lowest BCUT2D eigenvalue weighted by Gasteiger charge is -2.23. The predicted octanol–water partition coefficient (Wildman–Crippen LogP) is 0.909. The Labute approximate surface area is 75.2 Å². The number of nitrogens with zero attached hydrogens (tertiary/aromatic N) is 2. The van der Waals surface area contributed by atoms with Crippen molar-refractivity contribution in [3.8, 4) is 6.07 Å². The minimum absolute atomic E-state index is 0.0862. The summed E-state index contributed by atoms with van der Waals surface area (Å²) in [6.07, 6.45) is 4.74. The SMILES string of the molecule is N#Cc1cnc(C2CCC2)[nH]c1=O. The molecule has 0 spiro atoms. The molecule has 1 fully saturated rings. The van der Waals surface area contributed by atoms with Gasteiger partial charge in [0.1, 0.15) is 17.5 Å². The molecule has 66 valence electrons. The van der Waals surface area contributed by atoms with Crippen LogP contribution < -0.4 is 5.56 Å². The minimum Gasteiger partial charge on any atom is -0.309 e. The maximum absolute atomic E-state index is 11.2. The highest BCUT2D eigenvalue weighted by Crippen LogP contribution is 2.33. The highest BCUT2D eigenvalue weighted by molar-refractivity contribution is 5.22. The van der Waals surface area contributed by atoms with Gasteiger partial charge in [0.25, 0.3) is 5.56 Å². The van der Waals surface area contributed by atoms with Gasteiger partial charge < -0.3 is 4.98 Å². The van der Waals surface area contributed by atoms with E-state index in [-0.39, 0.29) is 11.1 Å². The van der Waals surface area contributed by atoms with Crippen LogP contribution in [0.25, 0.3) is 0 Å². The largest absolute Gasteiger partial charge is 0.309 e. The molecular formula is C9H9N3O. The van der Waals surface area contributed by atoms with E-state index in [1.165, 1.54) is 12.6 Å². The van der Waals surface area contributed by atoms with Crippen LogP contribution in [-0.4, -0.2) is 9.97 Å². The zero-order chi connectivity index (χ0) is 9.26. The molecule has 13 heavy (non-hydrogen) atoms. The van der Waals surface area contributed by atoms with E-state index in [1.807, 2.05) is 0 Å². The van der Waals surface area contributed by atoms with Gasteiger partial charge in [0.15, 0.2) is 0 Å². The Hall–Kier alpha value is -1.63. The Kier molecular flexibility index (Phi) is 1.85. The molecule has 0 bridgehead atoms. The van der Waals surface area contributed by atoms with Crippen LogP contribution >= 0.6 is 0 Å². The molecule has 0 unspecified atom stereocenters. The van der Waals surface area contributed by atoms with Crippen LogP contribution in [-0.2, 0) is 0 Å². The number of rotatable bonds is 1. The molecule has 1 aromatic heterocycles. The van der Waals surface area contributed by atoms with E-state index in [0.29, 0.717) is 5.92 Å². The van der Waals surface area contributed by atoms with Crippen LogP contribution in [0.2, 0.25) is 0 Å². The van der Waals surface area contributed by atoms with Crippen molar-refractivity contribution in [3.63, 3.8) is 0 Å². The number of hydrogen-bond donors (Lipinski definition) is 1. The summed E-state index contributed by atoms with van der Waals surface area (Å²) in [5.41, 5.74) is -0.234. The van der Waals surface area contributed by atoms with Crippen molar-refractivity contribution < 1.29 is 0 Å². The van der Waals surface area contributed by atoms with E-state index in [2.05, 4.69) is 9.97 Å². The summed E-state index contributed by atoms with van der Waals surface area (Å²) in [4.78, 5) is 17.9. The standard InChI is InChI=1S/C9H9N3O/c10-4-7-5-11-8(12-9(7)13)6-2-1-3-6/h5-6H,1-3H2,(H,11,12,13). The molecule has 0 aromatic carbocycles. The van der Waals surface area contributed by atoms with Gasteiger partial charge in [-0.3, -0.25) is 4.79 Å². The Morgan fingerprint density at radius 1 is 1.62 bits per heavy atom. The topological polar surface area (TPSA) is 69.5 Å². The second kappa shape index (κ2) is 3.02. The Morgan fingerprint density at radius 3 is 2.85 bits per heavy atom.